The molecule has 15 heavy (non-hydrogen) atoms. The van der Waals surface area contributed by atoms with Crippen LogP contribution in [0.2, 0.25) is 0 Å². The molecule has 0 unspecified atom stereocenters. The van der Waals surface area contributed by atoms with Crippen LogP contribution in [-0.2, 0) is 0 Å². The molecule has 1 aliphatic carbocycles. The van der Waals surface area contributed by atoms with E-state index in [0.717, 1.165) is 29.8 Å². The van der Waals surface area contributed by atoms with Crippen LogP contribution in [0.3, 0.4) is 0 Å². The van der Waals surface area contributed by atoms with Gasteiger partial charge in [-0.3, -0.25) is 0 Å². The lowest BCUT2D eigenvalue weighted by molar-refractivity contribution is 0.704. The highest BCUT2D eigenvalue weighted by Crippen LogP contribution is 2.32. The van der Waals surface area contributed by atoms with E-state index in [0.29, 0.717) is 0 Å². The first-order chi connectivity index (χ1) is 7.15. The summed E-state index contributed by atoms with van der Waals surface area (Å²) in [4.78, 5) is 11.0. The van der Waals surface area contributed by atoms with Gasteiger partial charge in [-0.25, -0.2) is 9.97 Å². The van der Waals surface area contributed by atoms with Gasteiger partial charge in [-0.1, -0.05) is 12.8 Å². The smallest absolute Gasteiger partial charge is 0.132 e. The lowest BCUT2D eigenvalue weighted by Gasteiger charge is -2.18. The lowest BCUT2D eigenvalue weighted by Crippen LogP contribution is -2.20. The Morgan fingerprint density at radius 3 is 2.67 bits per heavy atom. The lowest BCUT2D eigenvalue weighted by atomic mass is 10.3. The first-order valence-electron chi connectivity index (χ1n) is 5.68. The summed E-state index contributed by atoms with van der Waals surface area (Å²) in [6.07, 6.45) is 4.16. The number of hydrogen-bond acceptors (Lipinski definition) is 3. The van der Waals surface area contributed by atoms with Gasteiger partial charge in [0.1, 0.15) is 11.6 Å². The zero-order valence-electron chi connectivity index (χ0n) is 9.82. The molecule has 0 spiro atoms. The molecule has 82 valence electrons. The van der Waals surface area contributed by atoms with Crippen molar-refractivity contribution < 1.29 is 0 Å². The molecule has 0 aliphatic heterocycles. The summed E-state index contributed by atoms with van der Waals surface area (Å²) in [5.74, 6) is 2.90. The van der Waals surface area contributed by atoms with Crippen molar-refractivity contribution in [3.05, 3.63) is 17.6 Å². The molecule has 0 amide bonds. The van der Waals surface area contributed by atoms with Gasteiger partial charge in [0.05, 0.1) is 0 Å². The van der Waals surface area contributed by atoms with Crippen LogP contribution < -0.4 is 4.90 Å². The Bertz CT molecular complexity index is 324. The summed E-state index contributed by atoms with van der Waals surface area (Å²) >= 11 is 0. The Balaban J connectivity index is 1.99. The summed E-state index contributed by atoms with van der Waals surface area (Å²) in [7, 11) is 2.11. The summed E-state index contributed by atoms with van der Waals surface area (Å²) in [5.41, 5.74) is 1.05. The maximum absolute atomic E-state index is 4.45. The molecule has 1 fully saturated rings. The maximum Gasteiger partial charge on any atom is 0.132 e. The summed E-state index contributed by atoms with van der Waals surface area (Å²) < 4.78 is 0. The summed E-state index contributed by atoms with van der Waals surface area (Å²) in [6, 6.07) is 2.06. The van der Waals surface area contributed by atoms with Crippen molar-refractivity contribution in [2.75, 3.05) is 18.5 Å². The van der Waals surface area contributed by atoms with Gasteiger partial charge in [0.25, 0.3) is 0 Å². The van der Waals surface area contributed by atoms with Crippen LogP contribution in [0.25, 0.3) is 0 Å². The molecule has 0 atom stereocenters. The number of anilines is 1. The quantitative estimate of drug-likeness (QED) is 0.755. The molecule has 3 heteroatoms. The average molecular weight is 205 g/mol. The number of hydrogen-bond donors (Lipinski definition) is 0. The zero-order valence-corrected chi connectivity index (χ0v) is 9.82. The van der Waals surface area contributed by atoms with Crippen molar-refractivity contribution >= 4 is 5.82 Å². The Morgan fingerprint density at radius 1 is 1.33 bits per heavy atom. The second kappa shape index (κ2) is 4.17. The highest BCUT2D eigenvalue weighted by molar-refractivity contribution is 5.38. The van der Waals surface area contributed by atoms with Gasteiger partial charge in [-0.2, -0.15) is 0 Å². The first-order valence-corrected chi connectivity index (χ1v) is 5.68. The van der Waals surface area contributed by atoms with Gasteiger partial charge in [0.2, 0.25) is 0 Å². The molecule has 2 rings (SSSR count). The third-order valence-electron chi connectivity index (χ3n) is 2.91. The monoisotopic (exact) mass is 205 g/mol. The van der Waals surface area contributed by atoms with E-state index in [1.807, 2.05) is 13.8 Å². The van der Waals surface area contributed by atoms with Gasteiger partial charge < -0.3 is 4.90 Å². The van der Waals surface area contributed by atoms with Gasteiger partial charge in [-0.15, -0.1) is 0 Å². The summed E-state index contributed by atoms with van der Waals surface area (Å²) in [5, 5.41) is 0. The Kier molecular flexibility index (Phi) is 2.89. The molecule has 1 heterocycles. The standard InChI is InChI=1S/C12H19N3/c1-9-8-12(14-10(2)13-9)15(3)7-6-11-4-5-11/h8,11H,4-7H2,1-3H3. The second-order valence-corrected chi connectivity index (χ2v) is 4.57. The van der Waals surface area contributed by atoms with Crippen molar-refractivity contribution in [3.63, 3.8) is 0 Å². The molecule has 1 saturated carbocycles. The van der Waals surface area contributed by atoms with Crippen LogP contribution in [0.5, 0.6) is 0 Å². The van der Waals surface area contributed by atoms with E-state index in [-0.39, 0.29) is 0 Å². The molecule has 0 N–H and O–H groups in total. The van der Waals surface area contributed by atoms with Crippen LogP contribution in [-0.4, -0.2) is 23.6 Å². The molecule has 1 aliphatic rings. The fraction of sp³-hybridized carbons (Fsp3) is 0.667. The largest absolute Gasteiger partial charge is 0.360 e. The minimum atomic E-state index is 0.864. The van der Waals surface area contributed by atoms with Crippen molar-refractivity contribution in [1.29, 1.82) is 0 Å². The number of aromatic nitrogens is 2. The van der Waals surface area contributed by atoms with Crippen LogP contribution in [0.1, 0.15) is 30.8 Å². The third-order valence-corrected chi connectivity index (χ3v) is 2.91. The highest BCUT2D eigenvalue weighted by Gasteiger charge is 2.21. The molecular formula is C12H19N3. The van der Waals surface area contributed by atoms with Crippen molar-refractivity contribution in [2.45, 2.75) is 33.1 Å². The fourth-order valence-electron chi connectivity index (χ4n) is 1.79. The molecule has 0 aromatic carbocycles. The predicted molar refractivity (Wildman–Crippen MR) is 62.1 cm³/mol. The third kappa shape index (κ3) is 2.91. The van der Waals surface area contributed by atoms with E-state index >= 15 is 0 Å². The number of aryl methyl sites for hydroxylation is 2. The number of rotatable bonds is 4. The van der Waals surface area contributed by atoms with E-state index in [9.17, 15) is 0 Å². The Labute approximate surface area is 91.5 Å². The average Bonchev–Trinajstić information content (AvgIpc) is 2.96. The van der Waals surface area contributed by atoms with Crippen LogP contribution >= 0.6 is 0 Å². The van der Waals surface area contributed by atoms with E-state index in [4.69, 9.17) is 0 Å². The number of nitrogens with zero attached hydrogens (tertiary/aromatic N) is 3. The molecular weight excluding hydrogens is 186 g/mol. The Hall–Kier alpha value is -1.12. The van der Waals surface area contributed by atoms with Crippen molar-refractivity contribution in [1.82, 2.24) is 9.97 Å². The van der Waals surface area contributed by atoms with Gasteiger partial charge in [0, 0.05) is 25.4 Å². The minimum Gasteiger partial charge on any atom is -0.360 e. The molecule has 1 aromatic heterocycles. The molecule has 3 nitrogen and oxygen atoms in total. The Morgan fingerprint density at radius 2 is 2.07 bits per heavy atom. The molecule has 0 saturated heterocycles. The normalized spacial score (nSPS) is 15.4. The fourth-order valence-corrected chi connectivity index (χ4v) is 1.79. The van der Waals surface area contributed by atoms with E-state index in [2.05, 4.69) is 28.0 Å². The highest BCUT2D eigenvalue weighted by atomic mass is 15.2. The second-order valence-electron chi connectivity index (χ2n) is 4.57. The zero-order chi connectivity index (χ0) is 10.8. The van der Waals surface area contributed by atoms with Crippen molar-refractivity contribution in [3.8, 4) is 0 Å². The SMILES string of the molecule is Cc1cc(N(C)CCC2CC2)nc(C)n1. The first kappa shape index (κ1) is 10.4. The van der Waals surface area contributed by atoms with Crippen molar-refractivity contribution in [2.24, 2.45) is 5.92 Å². The van der Waals surface area contributed by atoms with Gasteiger partial charge >= 0.3 is 0 Å². The van der Waals surface area contributed by atoms with Gasteiger partial charge in [-0.05, 0) is 26.2 Å². The van der Waals surface area contributed by atoms with Crippen LogP contribution in [0.4, 0.5) is 5.82 Å². The van der Waals surface area contributed by atoms with Crippen LogP contribution in [0.15, 0.2) is 6.07 Å². The molecule has 1 aromatic rings. The predicted octanol–water partition coefficient (Wildman–Crippen LogP) is 2.33. The van der Waals surface area contributed by atoms with Crippen LogP contribution in [0, 0.1) is 19.8 Å². The maximum atomic E-state index is 4.45. The minimum absolute atomic E-state index is 0.864. The topological polar surface area (TPSA) is 29.0 Å². The molecule has 0 bridgehead atoms. The summed E-state index contributed by atoms with van der Waals surface area (Å²) in [6.45, 7) is 5.08. The van der Waals surface area contributed by atoms with E-state index in [1.165, 1.54) is 19.3 Å². The molecule has 0 radical (unpaired) electrons. The van der Waals surface area contributed by atoms with E-state index in [1.54, 1.807) is 0 Å². The van der Waals surface area contributed by atoms with E-state index < -0.39 is 0 Å². The van der Waals surface area contributed by atoms with Gasteiger partial charge in [0.15, 0.2) is 0 Å².